The van der Waals surface area contributed by atoms with Crippen molar-refractivity contribution in [2.24, 2.45) is 12.9 Å². The highest BCUT2D eigenvalue weighted by molar-refractivity contribution is 5.05. The maximum absolute atomic E-state index is 5.94. The average Bonchev–Trinajstić information content (AvgIpc) is 2.74. The number of nitrogens with zero attached hydrogens (tertiary/aromatic N) is 2. The molecule has 5 heteroatoms. The number of aromatic nitrogens is 2. The summed E-state index contributed by atoms with van der Waals surface area (Å²) in [4.78, 5) is 0. The average molecular weight is 280 g/mol. The summed E-state index contributed by atoms with van der Waals surface area (Å²) < 4.78 is 7.79. The maximum atomic E-state index is 5.94. The quantitative estimate of drug-likeness (QED) is 0.475. The SMILES string of the molecule is COC1(C(CCc2cnn(C)c2)NN)CCCCCC1. The molecule has 0 amide bonds. The predicted molar refractivity (Wildman–Crippen MR) is 80.1 cm³/mol. The summed E-state index contributed by atoms with van der Waals surface area (Å²) in [5, 5.41) is 4.22. The zero-order chi connectivity index (χ0) is 14.4. The summed E-state index contributed by atoms with van der Waals surface area (Å²) in [5.74, 6) is 5.83. The second-order valence-corrected chi connectivity index (χ2v) is 5.96. The fourth-order valence-electron chi connectivity index (χ4n) is 3.43. The van der Waals surface area contributed by atoms with E-state index in [1.165, 1.54) is 31.2 Å². The molecule has 0 bridgehead atoms. The molecule has 1 unspecified atom stereocenters. The molecule has 0 aliphatic heterocycles. The van der Waals surface area contributed by atoms with Crippen molar-refractivity contribution in [3.63, 3.8) is 0 Å². The molecule has 1 aromatic rings. The molecule has 0 radical (unpaired) electrons. The zero-order valence-corrected chi connectivity index (χ0v) is 12.8. The van der Waals surface area contributed by atoms with Gasteiger partial charge < -0.3 is 4.74 Å². The molecule has 114 valence electrons. The molecule has 5 nitrogen and oxygen atoms in total. The number of nitrogens with two attached hydrogens (primary N) is 1. The van der Waals surface area contributed by atoms with Crippen molar-refractivity contribution in [1.29, 1.82) is 0 Å². The van der Waals surface area contributed by atoms with Gasteiger partial charge in [-0.2, -0.15) is 5.10 Å². The van der Waals surface area contributed by atoms with E-state index < -0.39 is 0 Å². The number of ether oxygens (including phenoxy) is 1. The van der Waals surface area contributed by atoms with Gasteiger partial charge in [0.1, 0.15) is 0 Å². The number of hydrazine groups is 1. The Balaban J connectivity index is 2.00. The van der Waals surface area contributed by atoms with Crippen LogP contribution in [0.2, 0.25) is 0 Å². The summed E-state index contributed by atoms with van der Waals surface area (Å²) in [6.07, 6.45) is 13.3. The van der Waals surface area contributed by atoms with Crippen molar-refractivity contribution in [2.45, 2.75) is 63.0 Å². The van der Waals surface area contributed by atoms with Crippen molar-refractivity contribution >= 4 is 0 Å². The lowest BCUT2D eigenvalue weighted by Gasteiger charge is -2.39. The topological polar surface area (TPSA) is 65.1 Å². The maximum Gasteiger partial charge on any atom is 0.0844 e. The van der Waals surface area contributed by atoms with Crippen LogP contribution in [0.15, 0.2) is 12.4 Å². The molecule has 1 aromatic heterocycles. The van der Waals surface area contributed by atoms with E-state index in [0.29, 0.717) is 0 Å². The second-order valence-electron chi connectivity index (χ2n) is 5.96. The van der Waals surface area contributed by atoms with Crippen molar-refractivity contribution in [3.05, 3.63) is 18.0 Å². The van der Waals surface area contributed by atoms with Crippen LogP contribution in [0.4, 0.5) is 0 Å². The molecule has 1 aliphatic carbocycles. The van der Waals surface area contributed by atoms with Crippen LogP contribution >= 0.6 is 0 Å². The van der Waals surface area contributed by atoms with E-state index in [1.54, 1.807) is 0 Å². The highest BCUT2D eigenvalue weighted by Crippen LogP contribution is 2.34. The van der Waals surface area contributed by atoms with Crippen LogP contribution in [0, 0.1) is 0 Å². The largest absolute Gasteiger partial charge is 0.377 e. The van der Waals surface area contributed by atoms with E-state index in [1.807, 2.05) is 25.0 Å². The Morgan fingerprint density at radius 1 is 1.40 bits per heavy atom. The van der Waals surface area contributed by atoms with Crippen LogP contribution in [0.5, 0.6) is 0 Å². The Morgan fingerprint density at radius 2 is 2.10 bits per heavy atom. The van der Waals surface area contributed by atoms with Gasteiger partial charge in [-0.05, 0) is 31.2 Å². The van der Waals surface area contributed by atoms with Crippen molar-refractivity contribution in [1.82, 2.24) is 15.2 Å². The molecule has 1 saturated carbocycles. The van der Waals surface area contributed by atoms with Gasteiger partial charge in [0.25, 0.3) is 0 Å². The van der Waals surface area contributed by atoms with Crippen LogP contribution in [0.1, 0.15) is 50.5 Å². The lowest BCUT2D eigenvalue weighted by Crippen LogP contribution is -2.54. The van der Waals surface area contributed by atoms with Crippen LogP contribution in [0.3, 0.4) is 0 Å². The van der Waals surface area contributed by atoms with Crippen LogP contribution in [-0.4, -0.2) is 28.5 Å². The Bertz CT molecular complexity index is 396. The van der Waals surface area contributed by atoms with Crippen molar-refractivity contribution in [2.75, 3.05) is 7.11 Å². The van der Waals surface area contributed by atoms with Gasteiger partial charge in [-0.15, -0.1) is 0 Å². The third-order valence-electron chi connectivity index (χ3n) is 4.67. The summed E-state index contributed by atoms with van der Waals surface area (Å²) in [7, 11) is 3.78. The monoisotopic (exact) mass is 280 g/mol. The third kappa shape index (κ3) is 3.59. The van der Waals surface area contributed by atoms with Gasteiger partial charge in [0.2, 0.25) is 0 Å². The van der Waals surface area contributed by atoms with E-state index in [-0.39, 0.29) is 11.6 Å². The summed E-state index contributed by atoms with van der Waals surface area (Å²) in [5.41, 5.74) is 4.17. The Kier molecular flexibility index (Phi) is 5.57. The molecule has 1 atom stereocenters. The van der Waals surface area contributed by atoms with Gasteiger partial charge in [-0.3, -0.25) is 16.0 Å². The highest BCUT2D eigenvalue weighted by atomic mass is 16.5. The van der Waals surface area contributed by atoms with E-state index in [0.717, 1.165) is 25.7 Å². The second kappa shape index (κ2) is 7.20. The summed E-state index contributed by atoms with van der Waals surface area (Å²) in [6, 6.07) is 0.200. The Morgan fingerprint density at radius 3 is 2.60 bits per heavy atom. The number of nitrogens with one attached hydrogen (secondary N) is 1. The molecule has 0 saturated heterocycles. The molecule has 0 spiro atoms. The molecule has 0 aromatic carbocycles. The van der Waals surface area contributed by atoms with Gasteiger partial charge >= 0.3 is 0 Å². The first-order valence-electron chi connectivity index (χ1n) is 7.69. The number of hydrogen-bond donors (Lipinski definition) is 2. The minimum atomic E-state index is -0.104. The minimum Gasteiger partial charge on any atom is -0.377 e. The first-order valence-corrected chi connectivity index (χ1v) is 7.69. The van der Waals surface area contributed by atoms with Gasteiger partial charge in [-0.1, -0.05) is 25.7 Å². The van der Waals surface area contributed by atoms with Gasteiger partial charge in [0.15, 0.2) is 0 Å². The van der Waals surface area contributed by atoms with Crippen LogP contribution < -0.4 is 11.3 Å². The number of hydrogen-bond acceptors (Lipinski definition) is 4. The minimum absolute atomic E-state index is 0.104. The first kappa shape index (κ1) is 15.5. The molecule has 1 fully saturated rings. The molecule has 1 heterocycles. The predicted octanol–water partition coefficient (Wildman–Crippen LogP) is 1.92. The number of rotatable bonds is 6. The molecule has 20 heavy (non-hydrogen) atoms. The Labute approximate surface area is 121 Å². The highest BCUT2D eigenvalue weighted by Gasteiger charge is 2.38. The molecule has 3 N–H and O–H groups in total. The fourth-order valence-corrected chi connectivity index (χ4v) is 3.43. The van der Waals surface area contributed by atoms with Gasteiger partial charge in [-0.25, -0.2) is 0 Å². The smallest absolute Gasteiger partial charge is 0.0844 e. The van der Waals surface area contributed by atoms with Crippen LogP contribution in [0.25, 0.3) is 0 Å². The molecular weight excluding hydrogens is 252 g/mol. The van der Waals surface area contributed by atoms with Crippen LogP contribution in [-0.2, 0) is 18.2 Å². The van der Waals surface area contributed by atoms with Crippen molar-refractivity contribution in [3.8, 4) is 0 Å². The van der Waals surface area contributed by atoms with Crippen molar-refractivity contribution < 1.29 is 4.74 Å². The Hall–Kier alpha value is -0.910. The molecule has 2 rings (SSSR count). The molecular formula is C15H28N4O. The van der Waals surface area contributed by atoms with Gasteiger partial charge in [0, 0.05) is 20.4 Å². The normalized spacial score (nSPS) is 20.6. The first-order chi connectivity index (χ1) is 9.70. The van der Waals surface area contributed by atoms with Gasteiger partial charge in [0.05, 0.1) is 17.8 Å². The standard InChI is InChI=1S/C15H28N4O/c1-19-12-13(11-17-19)7-8-14(18-16)15(20-2)9-5-3-4-6-10-15/h11-12,14,18H,3-10,16H2,1-2H3. The lowest BCUT2D eigenvalue weighted by atomic mass is 9.83. The number of aryl methyl sites for hydroxylation is 2. The van der Waals surface area contributed by atoms with E-state index in [4.69, 9.17) is 10.6 Å². The van der Waals surface area contributed by atoms with E-state index in [2.05, 4.69) is 16.7 Å². The summed E-state index contributed by atoms with van der Waals surface area (Å²) in [6.45, 7) is 0. The van der Waals surface area contributed by atoms with E-state index >= 15 is 0 Å². The summed E-state index contributed by atoms with van der Waals surface area (Å²) >= 11 is 0. The van der Waals surface area contributed by atoms with E-state index in [9.17, 15) is 0 Å². The fraction of sp³-hybridized carbons (Fsp3) is 0.800. The third-order valence-corrected chi connectivity index (χ3v) is 4.67. The lowest BCUT2D eigenvalue weighted by molar-refractivity contribution is -0.0547. The molecule has 1 aliphatic rings. The zero-order valence-electron chi connectivity index (χ0n) is 12.8. The number of methoxy groups -OCH3 is 1.